The van der Waals surface area contributed by atoms with E-state index in [-0.39, 0.29) is 5.54 Å². The Morgan fingerprint density at radius 2 is 1.85 bits per heavy atom. The fourth-order valence-electron chi connectivity index (χ4n) is 3.90. The minimum Gasteiger partial charge on any atom is -0.364 e. The topological polar surface area (TPSA) is 40.2 Å². The van der Waals surface area contributed by atoms with Crippen molar-refractivity contribution in [3.8, 4) is 0 Å². The van der Waals surface area contributed by atoms with Crippen LogP contribution >= 0.6 is 0 Å². The molecule has 4 heteroatoms. The smallest absolute Gasteiger partial charge is 0.0723 e. The molecule has 0 spiro atoms. The summed E-state index contributed by atoms with van der Waals surface area (Å²) in [5.41, 5.74) is 5.75. The summed E-state index contributed by atoms with van der Waals surface area (Å²) in [7, 11) is 0. The van der Waals surface area contributed by atoms with Crippen molar-refractivity contribution in [1.82, 2.24) is 10.3 Å². The number of aryl methyl sites for hydroxylation is 1. The molecule has 1 saturated heterocycles. The lowest BCUT2D eigenvalue weighted by molar-refractivity contribution is 0.298. The zero-order valence-electron chi connectivity index (χ0n) is 16.6. The Balaban J connectivity index is 1.62. The number of rotatable bonds is 3. The molecule has 4 nitrogen and oxygen atoms in total. The molecule has 1 aliphatic rings. The highest BCUT2D eigenvalue weighted by Crippen LogP contribution is 2.32. The number of aromatic nitrogens is 1. The summed E-state index contributed by atoms with van der Waals surface area (Å²) in [5, 5.41) is 8.33. The van der Waals surface area contributed by atoms with Crippen molar-refractivity contribution in [2.24, 2.45) is 0 Å². The number of hydrogen-bond acceptors (Lipinski definition) is 4. The molecule has 0 saturated carbocycles. The predicted molar refractivity (Wildman–Crippen MR) is 115 cm³/mol. The summed E-state index contributed by atoms with van der Waals surface area (Å²) in [6.45, 7) is 11.0. The van der Waals surface area contributed by atoms with Crippen LogP contribution in [-0.2, 0) is 0 Å². The van der Waals surface area contributed by atoms with Crippen LogP contribution in [-0.4, -0.2) is 29.7 Å². The van der Waals surface area contributed by atoms with Crippen molar-refractivity contribution in [2.75, 3.05) is 23.3 Å². The average Bonchev–Trinajstić information content (AvgIpc) is 2.67. The zero-order chi connectivity index (χ0) is 19.0. The molecule has 1 aromatic heterocycles. The second kappa shape index (κ2) is 6.86. The minimum absolute atomic E-state index is 0.0884. The van der Waals surface area contributed by atoms with Gasteiger partial charge in [-0.05, 0) is 63.6 Å². The second-order valence-electron chi connectivity index (χ2n) is 7.99. The van der Waals surface area contributed by atoms with Crippen LogP contribution in [0.15, 0.2) is 54.7 Å². The van der Waals surface area contributed by atoms with E-state index >= 15 is 0 Å². The molecule has 3 aromatic rings. The highest BCUT2D eigenvalue weighted by Gasteiger charge is 2.35. The van der Waals surface area contributed by atoms with Gasteiger partial charge in [-0.2, -0.15) is 0 Å². The third-order valence-electron chi connectivity index (χ3n) is 5.95. The summed E-state index contributed by atoms with van der Waals surface area (Å²) in [6.07, 6.45) is 1.93. The largest absolute Gasteiger partial charge is 0.364 e. The monoisotopic (exact) mass is 360 g/mol. The van der Waals surface area contributed by atoms with Gasteiger partial charge < -0.3 is 15.5 Å². The van der Waals surface area contributed by atoms with Gasteiger partial charge in [0.1, 0.15) is 0 Å². The van der Waals surface area contributed by atoms with Gasteiger partial charge >= 0.3 is 0 Å². The van der Waals surface area contributed by atoms with Crippen LogP contribution in [0.3, 0.4) is 0 Å². The Morgan fingerprint density at radius 1 is 1.11 bits per heavy atom. The highest BCUT2D eigenvalue weighted by atomic mass is 15.3. The molecule has 2 aromatic carbocycles. The maximum atomic E-state index is 4.53. The van der Waals surface area contributed by atoms with Crippen LogP contribution in [0.25, 0.3) is 10.9 Å². The summed E-state index contributed by atoms with van der Waals surface area (Å²) < 4.78 is 0. The van der Waals surface area contributed by atoms with Crippen LogP contribution in [0.1, 0.15) is 26.3 Å². The quantitative estimate of drug-likeness (QED) is 0.699. The standard InChI is InChI=1S/C23H28N4/c1-16-15-25-21-8-6-5-7-20(21)22(16)26-18-9-11-19(12-10-18)27-14-13-24-17(2)23(27,3)4/h5-12,15,17,24H,13-14H2,1-4H3,(H,25,26). The third-order valence-corrected chi connectivity index (χ3v) is 5.95. The zero-order valence-corrected chi connectivity index (χ0v) is 16.6. The third kappa shape index (κ3) is 3.26. The van der Waals surface area contributed by atoms with Crippen molar-refractivity contribution < 1.29 is 0 Å². The maximum absolute atomic E-state index is 4.53. The molecule has 1 unspecified atom stereocenters. The first-order valence-electron chi connectivity index (χ1n) is 9.69. The number of anilines is 3. The minimum atomic E-state index is 0.0884. The fraction of sp³-hybridized carbons (Fsp3) is 0.348. The van der Waals surface area contributed by atoms with Gasteiger partial charge in [-0.1, -0.05) is 18.2 Å². The molecule has 27 heavy (non-hydrogen) atoms. The molecule has 2 N–H and O–H groups in total. The van der Waals surface area contributed by atoms with Gasteiger partial charge in [0.15, 0.2) is 0 Å². The molecule has 4 rings (SSSR count). The molecule has 0 radical (unpaired) electrons. The number of benzene rings is 2. The van der Waals surface area contributed by atoms with Gasteiger partial charge in [0, 0.05) is 47.6 Å². The molecular weight excluding hydrogens is 332 g/mol. The summed E-state index contributed by atoms with van der Waals surface area (Å²) in [5.74, 6) is 0. The van der Waals surface area contributed by atoms with E-state index in [0.717, 1.165) is 40.9 Å². The molecule has 0 amide bonds. The van der Waals surface area contributed by atoms with E-state index in [2.05, 4.69) is 90.7 Å². The Hall–Kier alpha value is -2.59. The Kier molecular flexibility index (Phi) is 4.52. The Labute approximate surface area is 161 Å². The SMILES string of the molecule is Cc1cnc2ccccc2c1Nc1ccc(N2CCNC(C)C2(C)C)cc1. The van der Waals surface area contributed by atoms with Crippen molar-refractivity contribution in [1.29, 1.82) is 0 Å². The van der Waals surface area contributed by atoms with Gasteiger partial charge in [-0.15, -0.1) is 0 Å². The molecule has 1 atom stereocenters. The first-order chi connectivity index (χ1) is 13.0. The van der Waals surface area contributed by atoms with Crippen LogP contribution in [0.5, 0.6) is 0 Å². The van der Waals surface area contributed by atoms with E-state index < -0.39 is 0 Å². The molecule has 1 aliphatic heterocycles. The van der Waals surface area contributed by atoms with E-state index in [1.165, 1.54) is 5.69 Å². The predicted octanol–water partition coefficient (Wildman–Crippen LogP) is 4.86. The van der Waals surface area contributed by atoms with Gasteiger partial charge in [-0.3, -0.25) is 4.98 Å². The summed E-state index contributed by atoms with van der Waals surface area (Å²) >= 11 is 0. The van der Waals surface area contributed by atoms with Gasteiger partial charge in [-0.25, -0.2) is 0 Å². The number of para-hydroxylation sites is 1. The average molecular weight is 361 g/mol. The number of nitrogens with zero attached hydrogens (tertiary/aromatic N) is 2. The maximum Gasteiger partial charge on any atom is 0.0723 e. The lowest BCUT2D eigenvalue weighted by atomic mass is 9.90. The fourth-order valence-corrected chi connectivity index (χ4v) is 3.90. The second-order valence-corrected chi connectivity index (χ2v) is 7.99. The van der Waals surface area contributed by atoms with Crippen LogP contribution in [0.4, 0.5) is 17.1 Å². The van der Waals surface area contributed by atoms with E-state index in [1.807, 2.05) is 12.3 Å². The van der Waals surface area contributed by atoms with Crippen LogP contribution < -0.4 is 15.5 Å². The first-order valence-corrected chi connectivity index (χ1v) is 9.69. The van der Waals surface area contributed by atoms with Crippen LogP contribution in [0, 0.1) is 6.92 Å². The number of piperazine rings is 1. The van der Waals surface area contributed by atoms with Gasteiger partial charge in [0.2, 0.25) is 0 Å². The van der Waals surface area contributed by atoms with E-state index in [4.69, 9.17) is 0 Å². The normalized spacial score (nSPS) is 19.3. The van der Waals surface area contributed by atoms with E-state index in [0.29, 0.717) is 6.04 Å². The van der Waals surface area contributed by atoms with Crippen LogP contribution in [0.2, 0.25) is 0 Å². The van der Waals surface area contributed by atoms with Crippen molar-refractivity contribution in [3.63, 3.8) is 0 Å². The molecule has 0 aliphatic carbocycles. The van der Waals surface area contributed by atoms with Gasteiger partial charge in [0.25, 0.3) is 0 Å². The lowest BCUT2D eigenvalue weighted by Crippen LogP contribution is -2.63. The summed E-state index contributed by atoms with van der Waals surface area (Å²) in [6, 6.07) is 17.5. The first kappa shape index (κ1) is 17.8. The molecule has 2 heterocycles. The van der Waals surface area contributed by atoms with Crippen molar-refractivity contribution in [2.45, 2.75) is 39.3 Å². The molecular formula is C23H28N4. The van der Waals surface area contributed by atoms with E-state index in [1.54, 1.807) is 0 Å². The van der Waals surface area contributed by atoms with Gasteiger partial charge in [0.05, 0.1) is 11.2 Å². The number of nitrogens with one attached hydrogen (secondary N) is 2. The Bertz CT molecular complexity index is 946. The van der Waals surface area contributed by atoms with Crippen molar-refractivity contribution in [3.05, 3.63) is 60.3 Å². The summed E-state index contributed by atoms with van der Waals surface area (Å²) in [4.78, 5) is 7.03. The molecule has 1 fully saturated rings. The molecule has 0 bridgehead atoms. The number of pyridine rings is 1. The number of hydrogen-bond donors (Lipinski definition) is 2. The Morgan fingerprint density at radius 3 is 2.63 bits per heavy atom. The van der Waals surface area contributed by atoms with E-state index in [9.17, 15) is 0 Å². The lowest BCUT2D eigenvalue weighted by Gasteiger charge is -2.48. The molecule has 140 valence electrons. The highest BCUT2D eigenvalue weighted by molar-refractivity contribution is 5.94. The number of fused-ring (bicyclic) bond motifs is 1. The van der Waals surface area contributed by atoms with Crippen molar-refractivity contribution >= 4 is 28.0 Å².